The van der Waals surface area contributed by atoms with Crippen molar-refractivity contribution in [2.75, 3.05) is 6.54 Å². The van der Waals surface area contributed by atoms with E-state index in [4.69, 9.17) is 0 Å². The second-order valence-electron chi connectivity index (χ2n) is 5.99. The van der Waals surface area contributed by atoms with E-state index in [1.54, 1.807) is 11.3 Å². The first-order valence-corrected chi connectivity index (χ1v) is 7.43. The van der Waals surface area contributed by atoms with Gasteiger partial charge in [-0.3, -0.25) is 0 Å². The second-order valence-corrected chi connectivity index (χ2v) is 7.00. The van der Waals surface area contributed by atoms with E-state index in [1.165, 1.54) is 10.6 Å². The Balaban J connectivity index is 2.14. The molecule has 5 heteroatoms. The first-order chi connectivity index (χ1) is 8.50. The van der Waals surface area contributed by atoms with Crippen LogP contribution in [0.1, 0.15) is 50.1 Å². The maximum Gasteiger partial charge on any atom is 0.212 e. The molecule has 1 aliphatic heterocycles. The van der Waals surface area contributed by atoms with Crippen LogP contribution in [0.25, 0.3) is 4.96 Å². The van der Waals surface area contributed by atoms with E-state index < -0.39 is 0 Å². The van der Waals surface area contributed by atoms with Gasteiger partial charge < -0.3 is 5.32 Å². The molecule has 0 amide bonds. The third kappa shape index (κ3) is 1.77. The van der Waals surface area contributed by atoms with Crippen LogP contribution in [0.15, 0.2) is 0 Å². The van der Waals surface area contributed by atoms with Gasteiger partial charge in [0, 0.05) is 30.3 Å². The van der Waals surface area contributed by atoms with Crippen LogP contribution >= 0.6 is 11.3 Å². The van der Waals surface area contributed by atoms with Crippen LogP contribution in [-0.4, -0.2) is 21.1 Å². The lowest BCUT2D eigenvalue weighted by molar-refractivity contribution is 0.266. The number of nitrogens with zero attached hydrogens (tertiary/aromatic N) is 3. The number of hydrogen-bond acceptors (Lipinski definition) is 4. The highest BCUT2D eigenvalue weighted by atomic mass is 32.1. The molecule has 1 aliphatic rings. The number of hydrogen-bond donors (Lipinski definition) is 1. The molecule has 0 aromatic carbocycles. The zero-order chi connectivity index (χ0) is 12.9. The fraction of sp³-hybridized carbons (Fsp3) is 0.692. The molecular weight excluding hydrogens is 244 g/mol. The molecule has 1 atom stereocenters. The van der Waals surface area contributed by atoms with Gasteiger partial charge in [-0.15, -0.1) is 0 Å². The number of aryl methyl sites for hydroxylation is 1. The molecule has 1 N–H and O–H groups in total. The van der Waals surface area contributed by atoms with Crippen LogP contribution in [0.5, 0.6) is 0 Å². The Labute approximate surface area is 111 Å². The van der Waals surface area contributed by atoms with Gasteiger partial charge in [-0.25, -0.2) is 9.50 Å². The maximum absolute atomic E-state index is 4.61. The summed E-state index contributed by atoms with van der Waals surface area (Å²) in [6.45, 7) is 9.99. The molecular formula is C13H20N4S. The van der Waals surface area contributed by atoms with Crippen LogP contribution in [0.4, 0.5) is 0 Å². The quantitative estimate of drug-likeness (QED) is 0.861. The molecule has 0 spiro atoms. The Kier molecular flexibility index (Phi) is 2.71. The summed E-state index contributed by atoms with van der Waals surface area (Å²) in [6.07, 6.45) is 1.96. The molecule has 3 rings (SSSR count). The monoisotopic (exact) mass is 264 g/mol. The van der Waals surface area contributed by atoms with Crippen LogP contribution in [0.3, 0.4) is 0 Å². The van der Waals surface area contributed by atoms with Crippen molar-refractivity contribution in [3.63, 3.8) is 0 Å². The molecule has 0 fully saturated rings. The smallest absolute Gasteiger partial charge is 0.212 e. The highest BCUT2D eigenvalue weighted by molar-refractivity contribution is 7.17. The molecule has 2 aromatic rings. The zero-order valence-corrected chi connectivity index (χ0v) is 12.3. The highest BCUT2D eigenvalue weighted by Crippen LogP contribution is 2.40. The van der Waals surface area contributed by atoms with E-state index >= 15 is 0 Å². The fourth-order valence-electron chi connectivity index (χ4n) is 2.57. The van der Waals surface area contributed by atoms with Gasteiger partial charge in [0.15, 0.2) is 5.82 Å². The number of thiazole rings is 1. The van der Waals surface area contributed by atoms with Gasteiger partial charge >= 0.3 is 0 Å². The largest absolute Gasteiger partial charge is 0.308 e. The summed E-state index contributed by atoms with van der Waals surface area (Å²) < 4.78 is 2.07. The molecule has 0 saturated heterocycles. The van der Waals surface area contributed by atoms with Crippen molar-refractivity contribution in [2.24, 2.45) is 5.41 Å². The molecule has 0 bridgehead atoms. The van der Waals surface area contributed by atoms with Crippen molar-refractivity contribution < 1.29 is 0 Å². The molecule has 0 aliphatic carbocycles. The lowest BCUT2D eigenvalue weighted by Gasteiger charge is -2.34. The Bertz CT molecular complexity index is 576. The zero-order valence-electron chi connectivity index (χ0n) is 11.4. The van der Waals surface area contributed by atoms with Gasteiger partial charge in [-0.05, 0) is 5.41 Å². The minimum atomic E-state index is 0.228. The van der Waals surface area contributed by atoms with E-state index in [0.717, 1.165) is 30.2 Å². The van der Waals surface area contributed by atoms with Crippen LogP contribution in [-0.2, 0) is 12.8 Å². The lowest BCUT2D eigenvalue weighted by Crippen LogP contribution is -2.37. The number of fused-ring (bicyclic) bond motifs is 3. The number of aromatic nitrogens is 3. The molecule has 18 heavy (non-hydrogen) atoms. The minimum Gasteiger partial charge on any atom is -0.308 e. The van der Waals surface area contributed by atoms with Crippen LogP contribution in [0, 0.1) is 5.41 Å². The average Bonchev–Trinajstić information content (AvgIpc) is 2.83. The van der Waals surface area contributed by atoms with Crippen molar-refractivity contribution in [2.45, 2.75) is 46.6 Å². The van der Waals surface area contributed by atoms with Crippen molar-refractivity contribution in [3.8, 4) is 0 Å². The van der Waals surface area contributed by atoms with E-state index in [-0.39, 0.29) is 5.41 Å². The number of rotatable bonds is 1. The summed E-state index contributed by atoms with van der Waals surface area (Å²) in [5.41, 5.74) is 1.59. The standard InChI is InChI=1S/C13H20N4S/c1-5-9-15-12-17(16-9)8-6-7-14-11(10(8)18-12)13(2,3)4/h11,14H,5-7H2,1-4H3. The summed E-state index contributed by atoms with van der Waals surface area (Å²) in [4.78, 5) is 7.07. The SMILES string of the molecule is CCc1nc2sc3c(n2n1)CCNC3C(C)(C)C. The maximum atomic E-state index is 4.61. The summed E-state index contributed by atoms with van der Waals surface area (Å²) in [7, 11) is 0. The summed E-state index contributed by atoms with van der Waals surface area (Å²) in [5.74, 6) is 0.954. The van der Waals surface area contributed by atoms with E-state index in [9.17, 15) is 0 Å². The van der Waals surface area contributed by atoms with Crippen molar-refractivity contribution in [1.29, 1.82) is 0 Å². The molecule has 2 aromatic heterocycles. The van der Waals surface area contributed by atoms with Gasteiger partial charge in [0.05, 0.1) is 5.69 Å². The Morgan fingerprint density at radius 3 is 2.89 bits per heavy atom. The topological polar surface area (TPSA) is 42.2 Å². The first kappa shape index (κ1) is 12.1. The molecule has 0 radical (unpaired) electrons. The molecule has 1 unspecified atom stereocenters. The molecule has 0 saturated carbocycles. The Morgan fingerprint density at radius 1 is 1.44 bits per heavy atom. The lowest BCUT2D eigenvalue weighted by atomic mass is 9.83. The summed E-state index contributed by atoms with van der Waals surface area (Å²) >= 11 is 1.80. The number of nitrogens with one attached hydrogen (secondary N) is 1. The van der Waals surface area contributed by atoms with Crippen molar-refractivity contribution in [1.82, 2.24) is 19.9 Å². The second kappa shape index (κ2) is 4.03. The summed E-state index contributed by atoms with van der Waals surface area (Å²) in [5, 5.41) is 8.25. The molecule has 3 heterocycles. The Morgan fingerprint density at radius 2 is 2.22 bits per heavy atom. The Hall–Kier alpha value is -0.940. The fourth-order valence-corrected chi connectivity index (χ4v) is 4.02. The average molecular weight is 264 g/mol. The molecule has 98 valence electrons. The highest BCUT2D eigenvalue weighted by Gasteiger charge is 2.33. The summed E-state index contributed by atoms with van der Waals surface area (Å²) in [6, 6.07) is 0.417. The molecule has 4 nitrogen and oxygen atoms in total. The van der Waals surface area contributed by atoms with Gasteiger partial charge in [0.2, 0.25) is 4.96 Å². The minimum absolute atomic E-state index is 0.228. The van der Waals surface area contributed by atoms with Gasteiger partial charge in [0.25, 0.3) is 0 Å². The van der Waals surface area contributed by atoms with E-state index in [0.29, 0.717) is 6.04 Å². The third-order valence-electron chi connectivity index (χ3n) is 3.52. The van der Waals surface area contributed by atoms with Gasteiger partial charge in [-0.2, -0.15) is 5.10 Å². The normalized spacial score (nSPS) is 20.3. The van der Waals surface area contributed by atoms with Crippen molar-refractivity contribution in [3.05, 3.63) is 16.4 Å². The van der Waals surface area contributed by atoms with Crippen LogP contribution < -0.4 is 5.32 Å². The van der Waals surface area contributed by atoms with E-state index in [1.807, 2.05) is 0 Å². The predicted octanol–water partition coefficient (Wildman–Crippen LogP) is 2.59. The van der Waals surface area contributed by atoms with E-state index in [2.05, 4.69) is 47.6 Å². The van der Waals surface area contributed by atoms with Gasteiger partial charge in [0.1, 0.15) is 0 Å². The first-order valence-electron chi connectivity index (χ1n) is 6.61. The van der Waals surface area contributed by atoms with Crippen molar-refractivity contribution >= 4 is 16.3 Å². The third-order valence-corrected chi connectivity index (χ3v) is 4.66. The predicted molar refractivity (Wildman–Crippen MR) is 74.1 cm³/mol. The van der Waals surface area contributed by atoms with Gasteiger partial charge in [-0.1, -0.05) is 39.0 Å². The van der Waals surface area contributed by atoms with Crippen LogP contribution in [0.2, 0.25) is 0 Å².